The first-order valence-electron chi connectivity index (χ1n) is 7.35. The second-order valence-corrected chi connectivity index (χ2v) is 5.41. The summed E-state index contributed by atoms with van der Waals surface area (Å²) in [5.41, 5.74) is 1.96. The smallest absolute Gasteiger partial charge is 0.125 e. The van der Waals surface area contributed by atoms with Crippen LogP contribution in [0.2, 0.25) is 0 Å². The molecule has 0 aliphatic carbocycles. The van der Waals surface area contributed by atoms with Crippen LogP contribution in [-0.2, 0) is 4.74 Å². The minimum Gasteiger partial charge on any atom is -0.490 e. The largest absolute Gasteiger partial charge is 0.490 e. The monoisotopic (exact) mass is 279 g/mol. The molecule has 1 N–H and O–H groups in total. The fourth-order valence-electron chi connectivity index (χ4n) is 2.46. The van der Waals surface area contributed by atoms with E-state index in [9.17, 15) is 5.11 Å². The molecule has 0 spiro atoms. The van der Waals surface area contributed by atoms with Gasteiger partial charge in [0.1, 0.15) is 18.5 Å². The first-order valence-corrected chi connectivity index (χ1v) is 7.35. The molecule has 1 fully saturated rings. The lowest BCUT2D eigenvalue weighted by molar-refractivity contribution is -0.0467. The Bertz CT molecular complexity index is 434. The molecule has 1 aliphatic rings. The highest BCUT2D eigenvalue weighted by Crippen LogP contribution is 2.26. The molecule has 2 rings (SSSR count). The van der Waals surface area contributed by atoms with Gasteiger partial charge in [-0.25, -0.2) is 0 Å². The van der Waals surface area contributed by atoms with Gasteiger partial charge in [0.25, 0.3) is 0 Å². The molecule has 1 aromatic carbocycles. The van der Waals surface area contributed by atoms with Gasteiger partial charge < -0.3 is 14.6 Å². The van der Waals surface area contributed by atoms with Crippen LogP contribution in [0.25, 0.3) is 0 Å². The number of benzene rings is 1. The Balaban J connectivity index is 1.98. The number of aliphatic hydroxyl groups excluding tert-OH is 1. The van der Waals surface area contributed by atoms with Gasteiger partial charge in [-0.15, -0.1) is 0 Å². The van der Waals surface area contributed by atoms with E-state index >= 15 is 0 Å². The van der Waals surface area contributed by atoms with Crippen LogP contribution >= 0.6 is 0 Å². The number of rotatable bonds is 5. The van der Waals surface area contributed by atoms with Crippen molar-refractivity contribution < 1.29 is 14.6 Å². The summed E-state index contributed by atoms with van der Waals surface area (Å²) in [7, 11) is 0. The third-order valence-electron chi connectivity index (χ3n) is 3.71. The summed E-state index contributed by atoms with van der Waals surface area (Å²) in [6, 6.07) is 5.89. The van der Waals surface area contributed by atoms with Gasteiger partial charge in [0.15, 0.2) is 0 Å². The van der Waals surface area contributed by atoms with Gasteiger partial charge in [-0.05, 0) is 32.0 Å². The quantitative estimate of drug-likeness (QED) is 0.897. The lowest BCUT2D eigenvalue weighted by atomic mass is 10.1. The summed E-state index contributed by atoms with van der Waals surface area (Å²) in [4.78, 5) is 2.36. The summed E-state index contributed by atoms with van der Waals surface area (Å²) in [5.74, 6) is 0.761. The predicted octanol–water partition coefficient (Wildman–Crippen LogP) is 2.15. The van der Waals surface area contributed by atoms with E-state index in [1.165, 1.54) is 0 Å². The normalized spacial score (nSPS) is 21.7. The van der Waals surface area contributed by atoms with E-state index in [0.29, 0.717) is 6.61 Å². The van der Waals surface area contributed by atoms with E-state index in [4.69, 9.17) is 9.47 Å². The van der Waals surface area contributed by atoms with Crippen LogP contribution in [0.15, 0.2) is 18.2 Å². The predicted molar refractivity (Wildman–Crippen MR) is 79.2 cm³/mol. The molecule has 0 aromatic heterocycles. The molecule has 1 saturated heterocycles. The van der Waals surface area contributed by atoms with Gasteiger partial charge in [-0.2, -0.15) is 0 Å². The fourth-order valence-corrected chi connectivity index (χ4v) is 2.46. The summed E-state index contributed by atoms with van der Waals surface area (Å²) in [6.07, 6.45) is -0.420. The van der Waals surface area contributed by atoms with Crippen molar-refractivity contribution in [3.05, 3.63) is 29.3 Å². The number of hydrogen-bond acceptors (Lipinski definition) is 4. The first kappa shape index (κ1) is 15.3. The molecule has 4 heteroatoms. The van der Waals surface area contributed by atoms with Crippen molar-refractivity contribution in [1.82, 2.24) is 4.90 Å². The Morgan fingerprint density at radius 2 is 2.30 bits per heavy atom. The van der Waals surface area contributed by atoms with Crippen molar-refractivity contribution in [2.75, 3.05) is 32.8 Å². The maximum Gasteiger partial charge on any atom is 0.125 e. The van der Waals surface area contributed by atoms with Crippen LogP contribution in [0.3, 0.4) is 0 Å². The van der Waals surface area contributed by atoms with E-state index in [-0.39, 0.29) is 6.10 Å². The molecular weight excluding hydrogens is 254 g/mol. The topological polar surface area (TPSA) is 41.9 Å². The molecule has 0 saturated carbocycles. The second-order valence-electron chi connectivity index (χ2n) is 5.41. The number of aryl methyl sites for hydroxylation is 1. The van der Waals surface area contributed by atoms with Crippen LogP contribution in [0.1, 0.15) is 31.1 Å². The van der Waals surface area contributed by atoms with Crippen LogP contribution < -0.4 is 4.74 Å². The standard InChI is InChI=1S/C16H25NO3/c1-4-17-7-8-19-14(10-17)11-20-16-9-12(2)5-6-15(16)13(3)18/h5-6,9,13-14,18H,4,7-8,10-11H2,1-3H3/t13-,14?/m1/s1. The number of hydrogen-bond donors (Lipinski definition) is 1. The van der Waals surface area contributed by atoms with Crippen LogP contribution in [-0.4, -0.2) is 49.0 Å². The van der Waals surface area contributed by atoms with E-state index in [1.807, 2.05) is 25.1 Å². The maximum absolute atomic E-state index is 9.79. The Morgan fingerprint density at radius 1 is 1.50 bits per heavy atom. The molecule has 1 aromatic rings. The zero-order valence-electron chi connectivity index (χ0n) is 12.6. The SMILES string of the molecule is CCN1CCOC(COc2cc(C)ccc2[C@@H](C)O)C1. The molecule has 0 amide bonds. The van der Waals surface area contributed by atoms with Crippen molar-refractivity contribution in [3.8, 4) is 5.75 Å². The molecule has 1 heterocycles. The second kappa shape index (κ2) is 7.07. The number of morpholine rings is 1. The molecule has 2 atom stereocenters. The summed E-state index contributed by atoms with van der Waals surface area (Å²) < 4.78 is 11.6. The fraction of sp³-hybridized carbons (Fsp3) is 0.625. The zero-order chi connectivity index (χ0) is 14.5. The maximum atomic E-state index is 9.79. The highest BCUT2D eigenvalue weighted by molar-refractivity contribution is 5.38. The van der Waals surface area contributed by atoms with Crippen LogP contribution in [0.4, 0.5) is 0 Å². The Labute approximate surface area is 121 Å². The molecule has 1 aliphatic heterocycles. The van der Waals surface area contributed by atoms with Crippen molar-refractivity contribution in [2.24, 2.45) is 0 Å². The molecule has 112 valence electrons. The average Bonchev–Trinajstić information content (AvgIpc) is 2.45. The zero-order valence-corrected chi connectivity index (χ0v) is 12.6. The van der Waals surface area contributed by atoms with Gasteiger partial charge in [0, 0.05) is 18.7 Å². The van der Waals surface area contributed by atoms with Crippen LogP contribution in [0, 0.1) is 6.92 Å². The van der Waals surface area contributed by atoms with Crippen molar-refractivity contribution >= 4 is 0 Å². The number of likely N-dealkylation sites (N-methyl/N-ethyl adjacent to an activating group) is 1. The number of aliphatic hydroxyl groups is 1. The highest BCUT2D eigenvalue weighted by Gasteiger charge is 2.20. The molecule has 20 heavy (non-hydrogen) atoms. The van der Waals surface area contributed by atoms with Gasteiger partial charge in [0.05, 0.1) is 12.7 Å². The van der Waals surface area contributed by atoms with Gasteiger partial charge in [-0.1, -0.05) is 19.1 Å². The van der Waals surface area contributed by atoms with Gasteiger partial charge >= 0.3 is 0 Å². The van der Waals surface area contributed by atoms with E-state index < -0.39 is 6.10 Å². The third-order valence-corrected chi connectivity index (χ3v) is 3.71. The summed E-state index contributed by atoms with van der Waals surface area (Å²) >= 11 is 0. The van der Waals surface area contributed by atoms with Gasteiger partial charge in [0.2, 0.25) is 0 Å². The third kappa shape index (κ3) is 3.95. The molecule has 1 unspecified atom stereocenters. The lowest BCUT2D eigenvalue weighted by Gasteiger charge is -2.32. The van der Waals surface area contributed by atoms with Crippen molar-refractivity contribution in [3.63, 3.8) is 0 Å². The molecule has 0 radical (unpaired) electrons. The Morgan fingerprint density at radius 3 is 3.00 bits per heavy atom. The average molecular weight is 279 g/mol. The van der Waals surface area contributed by atoms with E-state index in [1.54, 1.807) is 6.92 Å². The van der Waals surface area contributed by atoms with Crippen LogP contribution in [0.5, 0.6) is 5.75 Å². The van der Waals surface area contributed by atoms with Gasteiger partial charge in [-0.3, -0.25) is 4.90 Å². The molecular formula is C16H25NO3. The minimum atomic E-state index is -0.523. The lowest BCUT2D eigenvalue weighted by Crippen LogP contribution is -2.44. The Kier molecular flexibility index (Phi) is 5.40. The highest BCUT2D eigenvalue weighted by atomic mass is 16.5. The molecule has 0 bridgehead atoms. The molecule has 4 nitrogen and oxygen atoms in total. The van der Waals surface area contributed by atoms with E-state index in [0.717, 1.165) is 43.1 Å². The van der Waals surface area contributed by atoms with Crippen molar-refractivity contribution in [1.29, 1.82) is 0 Å². The Hall–Kier alpha value is -1.10. The minimum absolute atomic E-state index is 0.103. The number of nitrogens with zero attached hydrogens (tertiary/aromatic N) is 1. The first-order chi connectivity index (χ1) is 9.60. The summed E-state index contributed by atoms with van der Waals surface area (Å²) in [6.45, 7) is 10.2. The van der Waals surface area contributed by atoms with Crippen molar-refractivity contribution in [2.45, 2.75) is 33.0 Å². The van der Waals surface area contributed by atoms with E-state index in [2.05, 4.69) is 11.8 Å². The summed E-state index contributed by atoms with van der Waals surface area (Å²) in [5, 5.41) is 9.79. The number of ether oxygens (including phenoxy) is 2.